The molecule has 0 aromatic heterocycles. The molecule has 0 aliphatic rings. The maximum Gasteiger partial charge on any atom is 0.248 e. The summed E-state index contributed by atoms with van der Waals surface area (Å²) in [6.45, 7) is 2.04. The van der Waals surface area contributed by atoms with E-state index in [-0.39, 0.29) is 0 Å². The smallest absolute Gasteiger partial charge is 0.248 e. The van der Waals surface area contributed by atoms with E-state index in [0.717, 1.165) is 21.9 Å². The Morgan fingerprint density at radius 3 is 2.74 bits per heavy atom. The van der Waals surface area contributed by atoms with Gasteiger partial charge in [-0.3, -0.25) is 4.79 Å². The van der Waals surface area contributed by atoms with Gasteiger partial charge in [0.1, 0.15) is 0 Å². The molecule has 0 heterocycles. The monoisotopic (exact) mass is 272 g/mol. The van der Waals surface area contributed by atoms with Crippen LogP contribution >= 0.6 is 11.8 Å². The van der Waals surface area contributed by atoms with Crippen molar-refractivity contribution in [1.82, 2.24) is 0 Å². The molecule has 0 saturated heterocycles. The molecule has 0 unspecified atom stereocenters. The highest BCUT2D eigenvalue weighted by molar-refractivity contribution is 7.98. The third-order valence-corrected chi connectivity index (χ3v) is 3.92. The number of benzene rings is 2. The predicted octanol–water partition coefficient (Wildman–Crippen LogP) is 2.97. The molecule has 2 aromatic rings. The van der Waals surface area contributed by atoms with Gasteiger partial charge >= 0.3 is 0 Å². The highest BCUT2D eigenvalue weighted by Gasteiger charge is 2.04. The number of anilines is 1. The van der Waals surface area contributed by atoms with Crippen molar-refractivity contribution in [3.05, 3.63) is 59.2 Å². The summed E-state index contributed by atoms with van der Waals surface area (Å²) in [6, 6.07) is 13.3. The number of thioether (sulfide) groups is 1. The second-order valence-electron chi connectivity index (χ2n) is 4.39. The van der Waals surface area contributed by atoms with Crippen molar-refractivity contribution in [2.75, 3.05) is 5.73 Å². The molecule has 4 heteroatoms. The molecular weight excluding hydrogens is 256 g/mol. The Morgan fingerprint density at radius 2 is 2.00 bits per heavy atom. The number of amides is 1. The fourth-order valence-electron chi connectivity index (χ4n) is 1.74. The van der Waals surface area contributed by atoms with Crippen LogP contribution in [0.3, 0.4) is 0 Å². The van der Waals surface area contributed by atoms with Gasteiger partial charge < -0.3 is 11.5 Å². The molecule has 2 rings (SSSR count). The van der Waals surface area contributed by atoms with Crippen LogP contribution in [0.1, 0.15) is 21.5 Å². The molecule has 0 spiro atoms. The Kier molecular flexibility index (Phi) is 4.12. The fraction of sp³-hybridized carbons (Fsp3) is 0.133. The van der Waals surface area contributed by atoms with E-state index in [2.05, 4.69) is 6.07 Å². The number of carbonyl (C=O) groups is 1. The molecule has 19 heavy (non-hydrogen) atoms. The first-order valence-electron chi connectivity index (χ1n) is 5.94. The normalized spacial score (nSPS) is 10.4. The van der Waals surface area contributed by atoms with Crippen molar-refractivity contribution in [3.8, 4) is 0 Å². The number of hydrogen-bond acceptors (Lipinski definition) is 3. The lowest BCUT2D eigenvalue weighted by Crippen LogP contribution is -2.10. The van der Waals surface area contributed by atoms with Crippen LogP contribution in [0.25, 0.3) is 0 Å². The summed E-state index contributed by atoms with van der Waals surface area (Å²) in [5, 5.41) is 0. The Morgan fingerprint density at radius 1 is 1.21 bits per heavy atom. The fourth-order valence-corrected chi connectivity index (χ4v) is 2.75. The van der Waals surface area contributed by atoms with Gasteiger partial charge in [0, 0.05) is 21.9 Å². The lowest BCUT2D eigenvalue weighted by Gasteiger charge is -2.07. The Balaban J connectivity index is 2.12. The van der Waals surface area contributed by atoms with Gasteiger partial charge in [0.05, 0.1) is 0 Å². The summed E-state index contributed by atoms with van der Waals surface area (Å²) in [7, 11) is 0. The zero-order valence-corrected chi connectivity index (χ0v) is 11.5. The zero-order chi connectivity index (χ0) is 13.8. The van der Waals surface area contributed by atoms with E-state index in [1.807, 2.05) is 37.3 Å². The molecule has 0 saturated carbocycles. The predicted molar refractivity (Wildman–Crippen MR) is 80.1 cm³/mol. The van der Waals surface area contributed by atoms with Crippen LogP contribution in [0.4, 0.5) is 5.69 Å². The van der Waals surface area contributed by atoms with Crippen molar-refractivity contribution in [1.29, 1.82) is 0 Å². The summed E-state index contributed by atoms with van der Waals surface area (Å²) in [4.78, 5) is 12.2. The van der Waals surface area contributed by atoms with Crippen molar-refractivity contribution >= 4 is 23.4 Å². The summed E-state index contributed by atoms with van der Waals surface area (Å²) in [5.41, 5.74) is 14.8. The lowest BCUT2D eigenvalue weighted by atomic mass is 10.1. The SMILES string of the molecule is Cc1ccc(N)c(SCc2cccc(C(N)=O)c2)c1. The van der Waals surface area contributed by atoms with Gasteiger partial charge in [-0.1, -0.05) is 18.2 Å². The largest absolute Gasteiger partial charge is 0.398 e. The van der Waals surface area contributed by atoms with Crippen LogP contribution in [0, 0.1) is 6.92 Å². The molecule has 1 amide bonds. The van der Waals surface area contributed by atoms with Crippen LogP contribution in [0.15, 0.2) is 47.4 Å². The van der Waals surface area contributed by atoms with E-state index in [1.165, 1.54) is 5.56 Å². The molecule has 98 valence electrons. The average molecular weight is 272 g/mol. The van der Waals surface area contributed by atoms with Crippen molar-refractivity contribution in [2.45, 2.75) is 17.6 Å². The van der Waals surface area contributed by atoms with Gasteiger partial charge in [-0.25, -0.2) is 0 Å². The molecule has 2 aromatic carbocycles. The highest BCUT2D eigenvalue weighted by Crippen LogP contribution is 2.29. The molecule has 0 aliphatic heterocycles. The zero-order valence-electron chi connectivity index (χ0n) is 10.7. The minimum atomic E-state index is -0.401. The molecule has 0 fully saturated rings. The lowest BCUT2D eigenvalue weighted by molar-refractivity contribution is 0.1000. The highest BCUT2D eigenvalue weighted by atomic mass is 32.2. The molecule has 4 N–H and O–H groups in total. The van der Waals surface area contributed by atoms with E-state index >= 15 is 0 Å². The first kappa shape index (κ1) is 13.5. The van der Waals surface area contributed by atoms with Gasteiger partial charge in [-0.15, -0.1) is 11.8 Å². The van der Waals surface area contributed by atoms with Crippen LogP contribution in [-0.2, 0) is 5.75 Å². The number of nitrogen functional groups attached to an aromatic ring is 1. The van der Waals surface area contributed by atoms with Gasteiger partial charge in [-0.05, 0) is 42.3 Å². The number of rotatable bonds is 4. The minimum Gasteiger partial charge on any atom is -0.398 e. The number of hydrogen-bond donors (Lipinski definition) is 2. The van der Waals surface area contributed by atoms with E-state index < -0.39 is 5.91 Å². The molecule has 3 nitrogen and oxygen atoms in total. The third-order valence-electron chi connectivity index (χ3n) is 2.77. The first-order valence-corrected chi connectivity index (χ1v) is 6.92. The summed E-state index contributed by atoms with van der Waals surface area (Å²) in [6.07, 6.45) is 0. The standard InChI is InChI=1S/C15H16N2OS/c1-10-5-6-13(16)14(7-10)19-9-11-3-2-4-12(8-11)15(17)18/h2-8H,9,16H2,1H3,(H2,17,18). The van der Waals surface area contributed by atoms with Gasteiger partial charge in [-0.2, -0.15) is 0 Å². The van der Waals surface area contributed by atoms with Crippen LogP contribution in [0.2, 0.25) is 0 Å². The van der Waals surface area contributed by atoms with E-state index in [9.17, 15) is 4.79 Å². The Labute approximate surface area is 117 Å². The van der Waals surface area contributed by atoms with Crippen LogP contribution in [-0.4, -0.2) is 5.91 Å². The average Bonchev–Trinajstić information content (AvgIpc) is 2.40. The summed E-state index contributed by atoms with van der Waals surface area (Å²) >= 11 is 1.66. The van der Waals surface area contributed by atoms with Crippen molar-refractivity contribution in [3.63, 3.8) is 0 Å². The van der Waals surface area contributed by atoms with Crippen LogP contribution in [0.5, 0.6) is 0 Å². The van der Waals surface area contributed by atoms with Crippen LogP contribution < -0.4 is 11.5 Å². The number of primary amides is 1. The van der Waals surface area contributed by atoms with Gasteiger partial charge in [0.2, 0.25) is 5.91 Å². The summed E-state index contributed by atoms with van der Waals surface area (Å²) in [5.74, 6) is 0.358. The number of carbonyl (C=O) groups excluding carboxylic acids is 1. The molecule has 0 radical (unpaired) electrons. The van der Waals surface area contributed by atoms with Gasteiger partial charge in [0.25, 0.3) is 0 Å². The second-order valence-corrected chi connectivity index (χ2v) is 5.41. The van der Waals surface area contributed by atoms with E-state index in [0.29, 0.717) is 5.56 Å². The maximum absolute atomic E-state index is 11.1. The minimum absolute atomic E-state index is 0.401. The molecule has 0 aliphatic carbocycles. The maximum atomic E-state index is 11.1. The number of aryl methyl sites for hydroxylation is 1. The van der Waals surface area contributed by atoms with Crippen molar-refractivity contribution in [2.24, 2.45) is 5.73 Å². The van der Waals surface area contributed by atoms with E-state index in [1.54, 1.807) is 17.8 Å². The number of nitrogens with two attached hydrogens (primary N) is 2. The quantitative estimate of drug-likeness (QED) is 0.664. The van der Waals surface area contributed by atoms with Gasteiger partial charge in [0.15, 0.2) is 0 Å². The van der Waals surface area contributed by atoms with E-state index in [4.69, 9.17) is 11.5 Å². The molecule has 0 bridgehead atoms. The Hall–Kier alpha value is -1.94. The topological polar surface area (TPSA) is 69.1 Å². The first-order chi connectivity index (χ1) is 9.06. The van der Waals surface area contributed by atoms with Crippen molar-refractivity contribution < 1.29 is 4.79 Å². The molecular formula is C15H16N2OS. The molecule has 0 atom stereocenters. The Bertz CT molecular complexity index is 611. The summed E-state index contributed by atoms with van der Waals surface area (Å²) < 4.78 is 0. The second kappa shape index (κ2) is 5.80. The third kappa shape index (κ3) is 3.51.